The van der Waals surface area contributed by atoms with Crippen LogP contribution in [0.3, 0.4) is 0 Å². The third kappa shape index (κ3) is 0.879. The minimum Gasteiger partial charge on any atom is -0.396 e. The van der Waals surface area contributed by atoms with Crippen LogP contribution in [0.2, 0.25) is 0 Å². The van der Waals surface area contributed by atoms with E-state index in [2.05, 4.69) is 0 Å². The van der Waals surface area contributed by atoms with Gasteiger partial charge in [-0.15, -0.1) is 0 Å². The second kappa shape index (κ2) is 2.07. The van der Waals surface area contributed by atoms with Crippen molar-refractivity contribution < 1.29 is 10.2 Å². The summed E-state index contributed by atoms with van der Waals surface area (Å²) < 4.78 is 0. The fourth-order valence-electron chi connectivity index (χ4n) is 1.55. The molecule has 0 aliphatic heterocycles. The zero-order valence-electron chi connectivity index (χ0n) is 5.88. The van der Waals surface area contributed by atoms with Crippen LogP contribution in [0.1, 0.15) is 12.8 Å². The maximum absolute atomic E-state index is 8.72. The molecule has 2 atom stereocenters. The first-order chi connectivity index (χ1) is 4.86. The van der Waals surface area contributed by atoms with Crippen molar-refractivity contribution in [1.29, 1.82) is 0 Å². The summed E-state index contributed by atoms with van der Waals surface area (Å²) in [6.45, 7) is 0.605. The molecule has 0 amide bonds. The molecule has 2 nitrogen and oxygen atoms in total. The predicted octanol–water partition coefficient (Wildman–Crippen LogP) is 0.307. The molecule has 56 valence electrons. The number of hydrogen-bond acceptors (Lipinski definition) is 2. The van der Waals surface area contributed by atoms with Crippen molar-refractivity contribution in [3.05, 3.63) is 11.1 Å². The summed E-state index contributed by atoms with van der Waals surface area (Å²) in [6.07, 6.45) is 2.17. The summed E-state index contributed by atoms with van der Waals surface area (Å²) in [5.41, 5.74) is 2.86. The van der Waals surface area contributed by atoms with Gasteiger partial charge in [0.15, 0.2) is 0 Å². The zero-order valence-corrected chi connectivity index (χ0v) is 5.88. The third-order valence-electron chi connectivity index (χ3n) is 2.45. The Kier molecular flexibility index (Phi) is 1.32. The lowest BCUT2D eigenvalue weighted by Crippen LogP contribution is -1.83. The molecule has 0 bridgehead atoms. The molecule has 0 radical (unpaired) electrons. The number of aliphatic hydroxyl groups excluding tert-OH is 2. The molecule has 2 fully saturated rings. The van der Waals surface area contributed by atoms with Crippen molar-refractivity contribution in [2.75, 3.05) is 13.2 Å². The smallest absolute Gasteiger partial charge is 0.0499 e. The molecular weight excluding hydrogens is 128 g/mol. The van der Waals surface area contributed by atoms with Gasteiger partial charge in [-0.25, -0.2) is 0 Å². The monoisotopic (exact) mass is 140 g/mol. The van der Waals surface area contributed by atoms with E-state index in [1.165, 1.54) is 11.1 Å². The van der Waals surface area contributed by atoms with Crippen molar-refractivity contribution >= 4 is 0 Å². The fourth-order valence-corrected chi connectivity index (χ4v) is 1.55. The standard InChI is InChI=1S/C8H12O2/c9-3-5-1-7(5)8-2-6(8)4-10/h5-6,9-10H,1-4H2/b8-7-. The Morgan fingerprint density at radius 2 is 1.40 bits per heavy atom. The van der Waals surface area contributed by atoms with Crippen molar-refractivity contribution in [2.24, 2.45) is 11.8 Å². The normalized spacial score (nSPS) is 43.8. The Morgan fingerprint density at radius 3 is 1.60 bits per heavy atom. The molecular formula is C8H12O2. The van der Waals surface area contributed by atoms with Crippen molar-refractivity contribution in [2.45, 2.75) is 12.8 Å². The highest BCUT2D eigenvalue weighted by molar-refractivity contribution is 5.39. The second-order valence-electron chi connectivity index (χ2n) is 3.22. The van der Waals surface area contributed by atoms with Crippen LogP contribution in [-0.2, 0) is 0 Å². The van der Waals surface area contributed by atoms with E-state index in [0.29, 0.717) is 25.0 Å². The summed E-state index contributed by atoms with van der Waals surface area (Å²) >= 11 is 0. The quantitative estimate of drug-likeness (QED) is 0.542. The largest absolute Gasteiger partial charge is 0.396 e. The summed E-state index contributed by atoms with van der Waals surface area (Å²) in [5.74, 6) is 0.929. The molecule has 0 aromatic rings. The van der Waals surface area contributed by atoms with Crippen molar-refractivity contribution in [3.8, 4) is 0 Å². The van der Waals surface area contributed by atoms with Gasteiger partial charge in [-0.2, -0.15) is 0 Å². The lowest BCUT2D eigenvalue weighted by atomic mass is 10.3. The predicted molar refractivity (Wildman–Crippen MR) is 37.4 cm³/mol. The first kappa shape index (κ1) is 6.38. The minimum absolute atomic E-state index is 0.303. The Labute approximate surface area is 60.2 Å². The Hall–Kier alpha value is -0.340. The third-order valence-corrected chi connectivity index (χ3v) is 2.45. The van der Waals surface area contributed by atoms with Gasteiger partial charge in [0.05, 0.1) is 0 Å². The summed E-state index contributed by atoms with van der Waals surface area (Å²) in [6, 6.07) is 0. The number of aliphatic hydroxyl groups is 2. The Morgan fingerprint density at radius 1 is 1.00 bits per heavy atom. The van der Waals surface area contributed by atoms with Crippen LogP contribution < -0.4 is 0 Å². The highest BCUT2D eigenvalue weighted by Crippen LogP contribution is 2.51. The average molecular weight is 140 g/mol. The maximum atomic E-state index is 8.72. The van der Waals surface area contributed by atoms with Crippen LogP contribution in [0.25, 0.3) is 0 Å². The highest BCUT2D eigenvalue weighted by Gasteiger charge is 2.41. The first-order valence-electron chi connectivity index (χ1n) is 3.80. The molecule has 2 unspecified atom stereocenters. The van der Waals surface area contributed by atoms with E-state index in [-0.39, 0.29) is 0 Å². The average Bonchev–Trinajstić information content (AvgIpc) is 2.83. The van der Waals surface area contributed by atoms with Gasteiger partial charge < -0.3 is 10.2 Å². The van der Waals surface area contributed by atoms with E-state index < -0.39 is 0 Å². The summed E-state index contributed by atoms with van der Waals surface area (Å²) in [4.78, 5) is 0. The van der Waals surface area contributed by atoms with Crippen LogP contribution in [-0.4, -0.2) is 23.4 Å². The molecule has 2 N–H and O–H groups in total. The lowest BCUT2D eigenvalue weighted by molar-refractivity contribution is 0.278. The maximum Gasteiger partial charge on any atom is 0.0499 e. The molecule has 0 saturated heterocycles. The highest BCUT2D eigenvalue weighted by atomic mass is 16.3. The molecule has 0 aromatic carbocycles. The Balaban J connectivity index is 1.96. The Bertz CT molecular complexity index is 164. The van der Waals surface area contributed by atoms with E-state index in [4.69, 9.17) is 10.2 Å². The van der Waals surface area contributed by atoms with E-state index in [9.17, 15) is 0 Å². The van der Waals surface area contributed by atoms with E-state index in [1.54, 1.807) is 0 Å². The zero-order chi connectivity index (χ0) is 7.14. The van der Waals surface area contributed by atoms with Gasteiger partial charge in [-0.1, -0.05) is 11.1 Å². The van der Waals surface area contributed by atoms with E-state index in [0.717, 1.165) is 12.8 Å². The molecule has 2 heteroatoms. The molecule has 0 aromatic heterocycles. The lowest BCUT2D eigenvalue weighted by Gasteiger charge is -1.81. The van der Waals surface area contributed by atoms with Gasteiger partial charge in [-0.3, -0.25) is 0 Å². The van der Waals surface area contributed by atoms with Gasteiger partial charge in [0, 0.05) is 25.0 Å². The van der Waals surface area contributed by atoms with Crippen LogP contribution >= 0.6 is 0 Å². The van der Waals surface area contributed by atoms with Gasteiger partial charge in [0.25, 0.3) is 0 Å². The van der Waals surface area contributed by atoms with Gasteiger partial charge >= 0.3 is 0 Å². The SMILES string of the molecule is OCC1C/C1=C1\CC1CO. The molecule has 0 heterocycles. The van der Waals surface area contributed by atoms with E-state index >= 15 is 0 Å². The molecule has 2 rings (SSSR count). The molecule has 2 saturated carbocycles. The molecule has 2 aliphatic rings. The first-order valence-corrected chi connectivity index (χ1v) is 3.80. The molecule has 10 heavy (non-hydrogen) atoms. The second-order valence-corrected chi connectivity index (χ2v) is 3.22. The summed E-state index contributed by atoms with van der Waals surface area (Å²) in [5, 5.41) is 17.4. The van der Waals surface area contributed by atoms with Gasteiger partial charge in [0.2, 0.25) is 0 Å². The van der Waals surface area contributed by atoms with Gasteiger partial charge in [0.1, 0.15) is 0 Å². The topological polar surface area (TPSA) is 40.5 Å². The van der Waals surface area contributed by atoms with Crippen molar-refractivity contribution in [3.63, 3.8) is 0 Å². The van der Waals surface area contributed by atoms with Crippen LogP contribution in [0.4, 0.5) is 0 Å². The summed E-state index contributed by atoms with van der Waals surface area (Å²) in [7, 11) is 0. The number of rotatable bonds is 2. The fraction of sp³-hybridized carbons (Fsp3) is 0.750. The minimum atomic E-state index is 0.303. The van der Waals surface area contributed by atoms with Crippen LogP contribution in [0, 0.1) is 11.8 Å². The van der Waals surface area contributed by atoms with Crippen molar-refractivity contribution in [1.82, 2.24) is 0 Å². The van der Waals surface area contributed by atoms with Crippen LogP contribution in [0.5, 0.6) is 0 Å². The van der Waals surface area contributed by atoms with Gasteiger partial charge in [-0.05, 0) is 12.8 Å². The number of hydrogen-bond donors (Lipinski definition) is 2. The molecule has 2 aliphatic carbocycles. The van der Waals surface area contributed by atoms with E-state index in [1.807, 2.05) is 0 Å². The van der Waals surface area contributed by atoms with Crippen LogP contribution in [0.15, 0.2) is 11.1 Å². The molecule has 0 spiro atoms.